The summed E-state index contributed by atoms with van der Waals surface area (Å²) in [5.41, 5.74) is 0.518. The smallest absolute Gasteiger partial charge is 0.410 e. The van der Waals surface area contributed by atoms with E-state index in [1.807, 2.05) is 32.9 Å². The van der Waals surface area contributed by atoms with Gasteiger partial charge in [0, 0.05) is 42.0 Å². The molecule has 2 rings (SSSR count). The molecule has 0 saturated carbocycles. The summed E-state index contributed by atoms with van der Waals surface area (Å²) in [5.74, 6) is 0.509. The van der Waals surface area contributed by atoms with Gasteiger partial charge in [-0.2, -0.15) is 0 Å². The fourth-order valence-corrected chi connectivity index (χ4v) is 3.67. The lowest BCUT2D eigenvalue weighted by atomic mass is 10.2. The van der Waals surface area contributed by atoms with Crippen LogP contribution in [0.3, 0.4) is 0 Å². The number of nitrogens with zero attached hydrogens (tertiary/aromatic N) is 2. The predicted octanol–water partition coefficient (Wildman–Crippen LogP) is 2.34. The first kappa shape index (κ1) is 15.9. The van der Waals surface area contributed by atoms with Crippen LogP contribution in [0.4, 0.5) is 4.79 Å². The van der Waals surface area contributed by atoms with E-state index in [4.69, 9.17) is 4.74 Å². The first-order valence-corrected chi connectivity index (χ1v) is 8.47. The van der Waals surface area contributed by atoms with Crippen molar-refractivity contribution in [1.29, 1.82) is 0 Å². The van der Waals surface area contributed by atoms with Gasteiger partial charge in [-0.25, -0.2) is 4.79 Å². The Labute approximate surface area is 128 Å². The molecule has 0 N–H and O–H groups in total. The molecule has 1 aliphatic heterocycles. The number of ether oxygens (including phenoxy) is 1. The highest BCUT2D eigenvalue weighted by atomic mass is 32.2. The highest BCUT2D eigenvalue weighted by Crippen LogP contribution is 2.20. The molecule has 0 radical (unpaired) electrons. The van der Waals surface area contributed by atoms with Crippen LogP contribution in [-0.2, 0) is 21.3 Å². The molecule has 1 aromatic heterocycles. The zero-order valence-electron chi connectivity index (χ0n) is 12.7. The van der Waals surface area contributed by atoms with Crippen molar-refractivity contribution in [2.75, 3.05) is 13.1 Å². The average Bonchev–Trinajstić information content (AvgIpc) is 2.87. The van der Waals surface area contributed by atoms with E-state index in [-0.39, 0.29) is 11.3 Å². The fraction of sp³-hybridized carbons (Fsp3) is 0.600. The van der Waals surface area contributed by atoms with Crippen LogP contribution in [0.15, 0.2) is 24.5 Å². The molecule has 1 saturated heterocycles. The molecule has 0 spiro atoms. The molecule has 1 unspecified atom stereocenters. The van der Waals surface area contributed by atoms with Crippen molar-refractivity contribution in [1.82, 2.24) is 9.88 Å². The number of rotatable bonds is 3. The summed E-state index contributed by atoms with van der Waals surface area (Å²) >= 11 is 0. The van der Waals surface area contributed by atoms with Crippen LogP contribution in [0.2, 0.25) is 0 Å². The second kappa shape index (κ2) is 6.56. The normalized spacial score (nSPS) is 20.3. The lowest BCUT2D eigenvalue weighted by molar-refractivity contribution is 0.0295. The first-order valence-electron chi connectivity index (χ1n) is 7.09. The van der Waals surface area contributed by atoms with E-state index >= 15 is 0 Å². The number of aromatic nitrogens is 1. The number of likely N-dealkylation sites (tertiary alicyclic amines) is 1. The Morgan fingerprint density at radius 1 is 1.43 bits per heavy atom. The van der Waals surface area contributed by atoms with E-state index in [1.54, 1.807) is 17.3 Å². The lowest BCUT2D eigenvalue weighted by Gasteiger charge is -2.24. The van der Waals surface area contributed by atoms with Gasteiger partial charge < -0.3 is 9.64 Å². The molecule has 2 atom stereocenters. The lowest BCUT2D eigenvalue weighted by Crippen LogP contribution is -2.36. The quantitative estimate of drug-likeness (QED) is 0.860. The summed E-state index contributed by atoms with van der Waals surface area (Å²) in [6.07, 6.45) is 3.85. The molecule has 5 nitrogen and oxygen atoms in total. The van der Waals surface area contributed by atoms with Crippen molar-refractivity contribution in [3.8, 4) is 0 Å². The predicted molar refractivity (Wildman–Crippen MR) is 82.3 cm³/mol. The fourth-order valence-electron chi connectivity index (χ4n) is 2.20. The highest BCUT2D eigenvalue weighted by molar-refractivity contribution is 7.84. The number of hydrogen-bond donors (Lipinski definition) is 0. The highest BCUT2D eigenvalue weighted by Gasteiger charge is 2.32. The average molecular weight is 310 g/mol. The molecular weight excluding hydrogens is 288 g/mol. The van der Waals surface area contributed by atoms with Gasteiger partial charge in [-0.05, 0) is 44.9 Å². The molecule has 0 aromatic carbocycles. The number of pyridine rings is 1. The maximum atomic E-state index is 12.4. The summed E-state index contributed by atoms with van der Waals surface area (Å²) in [6, 6.07) is 3.75. The van der Waals surface area contributed by atoms with Crippen LogP contribution in [0.5, 0.6) is 0 Å². The van der Waals surface area contributed by atoms with Crippen molar-refractivity contribution < 1.29 is 13.7 Å². The number of carbonyl (C=O) groups excluding carboxylic acids is 1. The van der Waals surface area contributed by atoms with Crippen molar-refractivity contribution >= 4 is 16.9 Å². The van der Waals surface area contributed by atoms with Crippen LogP contribution in [0, 0.1) is 0 Å². The number of amides is 1. The molecule has 6 heteroatoms. The van der Waals surface area contributed by atoms with E-state index in [0.29, 0.717) is 18.8 Å². The monoisotopic (exact) mass is 310 g/mol. The maximum Gasteiger partial charge on any atom is 0.410 e. The minimum absolute atomic E-state index is 0.0192. The van der Waals surface area contributed by atoms with Gasteiger partial charge in [0.25, 0.3) is 0 Å². The molecule has 21 heavy (non-hydrogen) atoms. The van der Waals surface area contributed by atoms with E-state index in [1.165, 1.54) is 0 Å². The van der Waals surface area contributed by atoms with Gasteiger partial charge in [-0.3, -0.25) is 9.19 Å². The van der Waals surface area contributed by atoms with Gasteiger partial charge in [-0.1, -0.05) is 0 Å². The van der Waals surface area contributed by atoms with Gasteiger partial charge in [0.1, 0.15) is 5.60 Å². The molecule has 0 bridgehead atoms. The zero-order valence-corrected chi connectivity index (χ0v) is 13.6. The third kappa shape index (κ3) is 4.81. The molecule has 1 amide bonds. The third-order valence-corrected chi connectivity index (χ3v) is 4.97. The van der Waals surface area contributed by atoms with Crippen LogP contribution < -0.4 is 0 Å². The van der Waals surface area contributed by atoms with Gasteiger partial charge in [0.05, 0.1) is 5.25 Å². The van der Waals surface area contributed by atoms with Gasteiger partial charge in [0.15, 0.2) is 0 Å². The van der Waals surface area contributed by atoms with Crippen molar-refractivity contribution in [3.05, 3.63) is 30.1 Å². The summed E-state index contributed by atoms with van der Waals surface area (Å²) in [4.78, 5) is 17.6. The zero-order chi connectivity index (χ0) is 15.5. The van der Waals surface area contributed by atoms with E-state index < -0.39 is 16.4 Å². The SMILES string of the molecule is CC(C)(C)OC(=O)N1CC[C@@H](S(=O)Cc2ccncc2)C1. The largest absolute Gasteiger partial charge is 0.444 e. The van der Waals surface area contributed by atoms with Crippen molar-refractivity contribution in [2.45, 2.75) is 43.8 Å². The van der Waals surface area contributed by atoms with E-state index in [9.17, 15) is 9.00 Å². The summed E-state index contributed by atoms with van der Waals surface area (Å²) in [7, 11) is -0.984. The Kier molecular flexibility index (Phi) is 4.98. The van der Waals surface area contributed by atoms with Crippen LogP contribution >= 0.6 is 0 Å². The van der Waals surface area contributed by atoms with Crippen LogP contribution in [-0.4, -0.2) is 44.1 Å². The maximum absolute atomic E-state index is 12.4. The Morgan fingerprint density at radius 2 is 2.10 bits per heavy atom. The number of hydrogen-bond acceptors (Lipinski definition) is 4. The van der Waals surface area contributed by atoms with Crippen LogP contribution in [0.25, 0.3) is 0 Å². The summed E-state index contributed by atoms with van der Waals surface area (Å²) < 4.78 is 17.7. The molecule has 2 heterocycles. The Bertz CT molecular complexity index is 513. The number of carbonyl (C=O) groups is 1. The Hall–Kier alpha value is -1.43. The molecule has 116 valence electrons. The van der Waals surface area contributed by atoms with Gasteiger partial charge in [0.2, 0.25) is 0 Å². The van der Waals surface area contributed by atoms with Crippen molar-refractivity contribution in [3.63, 3.8) is 0 Å². The van der Waals surface area contributed by atoms with Gasteiger partial charge in [-0.15, -0.1) is 0 Å². The molecule has 1 fully saturated rings. The second-order valence-corrected chi connectivity index (χ2v) is 7.93. The topological polar surface area (TPSA) is 59.5 Å². The van der Waals surface area contributed by atoms with E-state index in [2.05, 4.69) is 4.98 Å². The molecular formula is C15H22N2O3S. The van der Waals surface area contributed by atoms with Crippen molar-refractivity contribution in [2.24, 2.45) is 0 Å². The Balaban J connectivity index is 1.87. The minimum atomic E-state index is -0.984. The summed E-state index contributed by atoms with van der Waals surface area (Å²) in [5, 5.41) is 0.0192. The molecule has 1 aliphatic rings. The molecule has 0 aliphatic carbocycles. The summed E-state index contributed by atoms with van der Waals surface area (Å²) in [6.45, 7) is 6.66. The standard InChI is InChI=1S/C15H22N2O3S/c1-15(2,3)20-14(18)17-9-6-13(10-17)21(19)11-12-4-7-16-8-5-12/h4-5,7-8,13H,6,9-11H2,1-3H3/t13-,21?/m1/s1. The first-order chi connectivity index (χ1) is 9.85. The van der Waals surface area contributed by atoms with E-state index in [0.717, 1.165) is 12.0 Å². The van der Waals surface area contributed by atoms with Gasteiger partial charge >= 0.3 is 6.09 Å². The second-order valence-electron chi connectivity index (χ2n) is 6.22. The molecule has 1 aromatic rings. The van der Waals surface area contributed by atoms with Crippen LogP contribution in [0.1, 0.15) is 32.8 Å². The Morgan fingerprint density at radius 3 is 2.71 bits per heavy atom. The minimum Gasteiger partial charge on any atom is -0.444 e. The third-order valence-electron chi connectivity index (χ3n) is 3.23.